The Morgan fingerprint density at radius 1 is 0.875 bits per heavy atom. The number of H-pyrrole nitrogens is 2. The summed E-state index contributed by atoms with van der Waals surface area (Å²) in [6, 6.07) is 12.6. The van der Waals surface area contributed by atoms with E-state index in [2.05, 4.69) is 9.97 Å². The second-order valence-electron chi connectivity index (χ2n) is 8.20. The fraction of sp³-hybridized carbons (Fsp3) is 0.120. The third-order valence-electron chi connectivity index (χ3n) is 6.26. The first-order valence-electron chi connectivity index (χ1n) is 10.3. The summed E-state index contributed by atoms with van der Waals surface area (Å²) in [5.41, 5.74) is 2.60. The number of aliphatic hydroxyl groups is 2. The average Bonchev–Trinajstić information content (AvgIpc) is 3.44. The highest BCUT2D eigenvalue weighted by atomic mass is 35.5. The predicted molar refractivity (Wildman–Crippen MR) is 123 cm³/mol. The summed E-state index contributed by atoms with van der Waals surface area (Å²) in [4.78, 5) is 33.0. The van der Waals surface area contributed by atoms with Gasteiger partial charge in [0.2, 0.25) is 11.6 Å². The number of allylic oxidation sites excluding steroid dienone is 2. The summed E-state index contributed by atoms with van der Waals surface area (Å²) in [5, 5.41) is 23.7. The number of aromatic nitrogens is 2. The number of aliphatic hydroxyl groups excluding tert-OH is 2. The molecule has 1 fully saturated rings. The van der Waals surface area contributed by atoms with E-state index in [0.717, 1.165) is 29.4 Å². The van der Waals surface area contributed by atoms with Gasteiger partial charge in [0.25, 0.3) is 0 Å². The summed E-state index contributed by atoms with van der Waals surface area (Å²) in [6.45, 7) is 0. The first kappa shape index (κ1) is 19.0. The third-order valence-corrected chi connectivity index (χ3v) is 6.58. The number of para-hydroxylation sites is 2. The van der Waals surface area contributed by atoms with E-state index >= 15 is 0 Å². The maximum Gasteiger partial charge on any atom is 0.232 e. The van der Waals surface area contributed by atoms with E-state index in [9.17, 15) is 19.8 Å². The molecule has 158 valence electrons. The van der Waals surface area contributed by atoms with Crippen LogP contribution in [0.5, 0.6) is 0 Å². The van der Waals surface area contributed by atoms with Crippen LogP contribution in [0.4, 0.5) is 0 Å². The summed E-state index contributed by atoms with van der Waals surface area (Å²) in [5.74, 6) is -2.70. The zero-order chi connectivity index (χ0) is 22.1. The van der Waals surface area contributed by atoms with Crippen LogP contribution >= 0.6 is 11.6 Å². The molecule has 0 bridgehead atoms. The Morgan fingerprint density at radius 2 is 1.56 bits per heavy atom. The van der Waals surface area contributed by atoms with E-state index in [4.69, 9.17) is 11.6 Å². The van der Waals surface area contributed by atoms with E-state index < -0.39 is 23.1 Å². The fourth-order valence-electron chi connectivity index (χ4n) is 4.60. The summed E-state index contributed by atoms with van der Waals surface area (Å²) in [7, 11) is 0. The van der Waals surface area contributed by atoms with Crippen molar-refractivity contribution in [2.24, 2.45) is 0 Å². The number of rotatable bonds is 3. The number of ketones is 2. The van der Waals surface area contributed by atoms with Gasteiger partial charge in [-0.3, -0.25) is 9.59 Å². The van der Waals surface area contributed by atoms with Gasteiger partial charge >= 0.3 is 0 Å². The Labute approximate surface area is 186 Å². The van der Waals surface area contributed by atoms with Crippen molar-refractivity contribution in [1.82, 2.24) is 9.97 Å². The number of carbonyl (C=O) groups is 2. The quantitative estimate of drug-likeness (QED) is 0.310. The van der Waals surface area contributed by atoms with Crippen molar-refractivity contribution in [3.63, 3.8) is 0 Å². The lowest BCUT2D eigenvalue weighted by Gasteiger charge is -2.18. The smallest absolute Gasteiger partial charge is 0.232 e. The molecule has 2 heterocycles. The number of benzene rings is 2. The standard InChI is InChI=1S/C25H17ClN2O4/c26-15-6-3-5-12-14(10-27-21(12)15)18-22(29)24(31)19(25(32)23(18)30)17-13-4-1-2-7-16(13)28-20(17)11-8-9-11/h1-7,10-11,27-29,32H,8-9H2. The maximum absolute atomic E-state index is 13.4. The molecule has 1 saturated carbocycles. The van der Waals surface area contributed by atoms with Crippen molar-refractivity contribution in [1.29, 1.82) is 0 Å². The number of Topliss-reactive ketones (excluding diaryl/α,β-unsaturated/α-hetero) is 2. The Morgan fingerprint density at radius 3 is 2.34 bits per heavy atom. The molecule has 0 aliphatic heterocycles. The number of fused-ring (bicyclic) bond motifs is 2. The van der Waals surface area contributed by atoms with Gasteiger partial charge in [0.1, 0.15) is 0 Å². The molecule has 2 aromatic carbocycles. The molecule has 0 radical (unpaired) electrons. The van der Waals surface area contributed by atoms with Crippen LogP contribution in [0.2, 0.25) is 5.02 Å². The topological polar surface area (TPSA) is 106 Å². The molecular weight excluding hydrogens is 428 g/mol. The molecular formula is C25H17ClN2O4. The number of nitrogens with one attached hydrogen (secondary N) is 2. The molecule has 6 rings (SSSR count). The van der Waals surface area contributed by atoms with Gasteiger partial charge in [-0.25, -0.2) is 0 Å². The zero-order valence-corrected chi connectivity index (χ0v) is 17.5. The minimum Gasteiger partial charge on any atom is -0.504 e. The van der Waals surface area contributed by atoms with Crippen molar-refractivity contribution in [3.05, 3.63) is 82.0 Å². The van der Waals surface area contributed by atoms with Crippen molar-refractivity contribution in [2.75, 3.05) is 0 Å². The lowest BCUT2D eigenvalue weighted by atomic mass is 9.84. The van der Waals surface area contributed by atoms with Gasteiger partial charge in [0.05, 0.1) is 21.7 Å². The summed E-state index contributed by atoms with van der Waals surface area (Å²) >= 11 is 6.21. The van der Waals surface area contributed by atoms with Crippen LogP contribution in [0.25, 0.3) is 33.0 Å². The fourth-order valence-corrected chi connectivity index (χ4v) is 4.82. The van der Waals surface area contributed by atoms with E-state index in [1.54, 1.807) is 18.2 Å². The largest absolute Gasteiger partial charge is 0.504 e. The molecule has 0 unspecified atom stereocenters. The van der Waals surface area contributed by atoms with Crippen LogP contribution in [0.3, 0.4) is 0 Å². The number of hydrogen-bond acceptors (Lipinski definition) is 4. The van der Waals surface area contributed by atoms with Crippen LogP contribution in [0, 0.1) is 0 Å². The molecule has 2 aliphatic rings. The molecule has 0 saturated heterocycles. The normalized spacial score (nSPS) is 17.3. The van der Waals surface area contributed by atoms with Crippen LogP contribution in [0.1, 0.15) is 35.6 Å². The summed E-state index contributed by atoms with van der Waals surface area (Å²) < 4.78 is 0. The minimum atomic E-state index is -0.801. The molecule has 6 nitrogen and oxygen atoms in total. The molecule has 32 heavy (non-hydrogen) atoms. The van der Waals surface area contributed by atoms with E-state index in [0.29, 0.717) is 27.1 Å². The number of aromatic amines is 2. The third kappa shape index (κ3) is 2.53. The first-order valence-corrected chi connectivity index (χ1v) is 10.7. The van der Waals surface area contributed by atoms with Gasteiger partial charge in [-0.1, -0.05) is 41.9 Å². The Kier molecular flexibility index (Phi) is 3.92. The summed E-state index contributed by atoms with van der Waals surface area (Å²) in [6.07, 6.45) is 3.42. The van der Waals surface area contributed by atoms with E-state index in [1.165, 1.54) is 6.20 Å². The highest BCUT2D eigenvalue weighted by Gasteiger charge is 2.41. The second-order valence-corrected chi connectivity index (χ2v) is 8.61. The highest BCUT2D eigenvalue weighted by molar-refractivity contribution is 6.48. The lowest BCUT2D eigenvalue weighted by molar-refractivity contribution is -0.116. The van der Waals surface area contributed by atoms with Crippen LogP contribution in [-0.2, 0) is 9.59 Å². The monoisotopic (exact) mass is 444 g/mol. The molecule has 2 aromatic heterocycles. The minimum absolute atomic E-state index is 0.159. The molecule has 2 aliphatic carbocycles. The van der Waals surface area contributed by atoms with E-state index in [1.807, 2.05) is 24.3 Å². The molecule has 0 atom stereocenters. The molecule has 0 spiro atoms. The highest BCUT2D eigenvalue weighted by Crippen LogP contribution is 2.47. The van der Waals surface area contributed by atoms with Crippen molar-refractivity contribution >= 4 is 56.1 Å². The Hall–Kier alpha value is -3.77. The van der Waals surface area contributed by atoms with Gasteiger partial charge in [-0.2, -0.15) is 0 Å². The Bertz CT molecular complexity index is 1550. The molecule has 4 N–H and O–H groups in total. The van der Waals surface area contributed by atoms with E-state index in [-0.39, 0.29) is 17.1 Å². The van der Waals surface area contributed by atoms with Gasteiger partial charge in [-0.05, 0) is 30.9 Å². The predicted octanol–water partition coefficient (Wildman–Crippen LogP) is 5.57. The average molecular weight is 445 g/mol. The Balaban J connectivity index is 1.57. The first-order chi connectivity index (χ1) is 15.5. The number of halogens is 1. The lowest BCUT2D eigenvalue weighted by Crippen LogP contribution is -2.23. The van der Waals surface area contributed by atoms with Gasteiger partial charge in [0.15, 0.2) is 11.5 Å². The SMILES string of the molecule is O=C1C(O)=C(c2c[nH]c3c(Cl)cccc23)C(=O)C(O)=C1c1c(C2CC2)[nH]c2ccccc12. The second kappa shape index (κ2) is 6.61. The van der Waals surface area contributed by atoms with Crippen molar-refractivity contribution in [2.45, 2.75) is 18.8 Å². The molecule has 7 heteroatoms. The van der Waals surface area contributed by atoms with Gasteiger partial charge < -0.3 is 20.2 Å². The van der Waals surface area contributed by atoms with Crippen LogP contribution in [0.15, 0.2) is 60.2 Å². The van der Waals surface area contributed by atoms with Crippen LogP contribution in [-0.4, -0.2) is 31.7 Å². The van der Waals surface area contributed by atoms with Gasteiger partial charge in [0, 0.05) is 39.3 Å². The number of carbonyl (C=O) groups excluding carboxylic acids is 2. The van der Waals surface area contributed by atoms with Crippen molar-refractivity contribution in [3.8, 4) is 0 Å². The maximum atomic E-state index is 13.4. The number of hydrogen-bond donors (Lipinski definition) is 4. The van der Waals surface area contributed by atoms with Gasteiger partial charge in [-0.15, -0.1) is 0 Å². The zero-order valence-electron chi connectivity index (χ0n) is 16.7. The van der Waals surface area contributed by atoms with Crippen LogP contribution < -0.4 is 0 Å². The van der Waals surface area contributed by atoms with Crippen molar-refractivity contribution < 1.29 is 19.8 Å². The molecule has 4 aromatic rings. The molecule has 0 amide bonds.